The summed E-state index contributed by atoms with van der Waals surface area (Å²) >= 11 is 1.44. The van der Waals surface area contributed by atoms with Crippen LogP contribution < -0.4 is 11.3 Å². The fourth-order valence-corrected chi connectivity index (χ4v) is 3.30. The number of fused-ring (bicyclic) bond motifs is 1. The molecule has 1 aromatic carbocycles. The second-order valence-electron chi connectivity index (χ2n) is 4.98. The molecular weight excluding hydrogens is 315 g/mol. The van der Waals surface area contributed by atoms with Crippen LogP contribution in [-0.2, 0) is 12.3 Å². The fraction of sp³-hybridized carbons (Fsp3) is 0.188. The van der Waals surface area contributed by atoms with Crippen LogP contribution in [-0.4, -0.2) is 14.5 Å². The third-order valence-corrected chi connectivity index (χ3v) is 4.46. The Morgan fingerprint density at radius 1 is 1.30 bits per heavy atom. The van der Waals surface area contributed by atoms with Crippen molar-refractivity contribution in [1.82, 2.24) is 14.5 Å². The molecule has 0 aliphatic carbocycles. The molecule has 7 heteroatoms. The lowest BCUT2D eigenvalue weighted by molar-refractivity contribution is 0.621. The van der Waals surface area contributed by atoms with Crippen LogP contribution in [0.2, 0.25) is 0 Å². The van der Waals surface area contributed by atoms with E-state index in [4.69, 9.17) is 5.73 Å². The summed E-state index contributed by atoms with van der Waals surface area (Å²) in [6, 6.07) is 7.73. The molecule has 2 N–H and O–H groups in total. The number of pyridine rings is 1. The highest BCUT2D eigenvalue weighted by Crippen LogP contribution is 2.22. The van der Waals surface area contributed by atoms with Crippen molar-refractivity contribution in [2.75, 3.05) is 5.73 Å². The number of nitrogen functional groups attached to an aromatic ring is 1. The zero-order valence-corrected chi connectivity index (χ0v) is 13.3. The number of aromatic nitrogens is 3. The molecule has 0 fully saturated rings. The number of nitrogens with zero attached hydrogens (tertiary/aromatic N) is 3. The monoisotopic (exact) mass is 330 g/mol. The SMILES string of the molecule is CCn1c(SCc2ccnc(N)c2)nc2ccc(F)cc2c1=O. The van der Waals surface area contributed by atoms with Gasteiger partial charge in [0.1, 0.15) is 11.6 Å². The molecule has 0 amide bonds. The van der Waals surface area contributed by atoms with E-state index in [0.29, 0.717) is 34.2 Å². The van der Waals surface area contributed by atoms with Crippen molar-refractivity contribution in [3.8, 4) is 0 Å². The zero-order valence-electron chi connectivity index (χ0n) is 12.5. The first kappa shape index (κ1) is 15.5. The Balaban J connectivity index is 2.00. The Hall–Kier alpha value is -2.41. The Kier molecular flexibility index (Phi) is 4.29. The minimum atomic E-state index is -0.438. The molecule has 0 saturated heterocycles. The fourth-order valence-electron chi connectivity index (χ4n) is 2.29. The molecule has 0 unspecified atom stereocenters. The first-order valence-corrected chi connectivity index (χ1v) is 8.10. The van der Waals surface area contributed by atoms with Crippen molar-refractivity contribution in [1.29, 1.82) is 0 Å². The molecule has 0 bridgehead atoms. The van der Waals surface area contributed by atoms with Gasteiger partial charge in [0.05, 0.1) is 10.9 Å². The maximum atomic E-state index is 13.4. The Morgan fingerprint density at radius 3 is 2.87 bits per heavy atom. The highest BCUT2D eigenvalue weighted by atomic mass is 32.2. The topological polar surface area (TPSA) is 73.8 Å². The quantitative estimate of drug-likeness (QED) is 0.588. The summed E-state index contributed by atoms with van der Waals surface area (Å²) in [7, 11) is 0. The number of halogens is 1. The van der Waals surface area contributed by atoms with Crippen LogP contribution in [0.25, 0.3) is 10.9 Å². The highest BCUT2D eigenvalue weighted by molar-refractivity contribution is 7.98. The van der Waals surface area contributed by atoms with Crippen LogP contribution >= 0.6 is 11.8 Å². The summed E-state index contributed by atoms with van der Waals surface area (Å²) < 4.78 is 14.9. The van der Waals surface area contributed by atoms with Gasteiger partial charge in [0.15, 0.2) is 5.16 Å². The first-order valence-electron chi connectivity index (χ1n) is 7.12. The molecule has 23 heavy (non-hydrogen) atoms. The van der Waals surface area contributed by atoms with Crippen molar-refractivity contribution >= 4 is 28.5 Å². The number of thioether (sulfide) groups is 1. The van der Waals surface area contributed by atoms with E-state index < -0.39 is 5.82 Å². The van der Waals surface area contributed by atoms with Gasteiger partial charge in [-0.1, -0.05) is 11.8 Å². The van der Waals surface area contributed by atoms with E-state index in [1.807, 2.05) is 13.0 Å². The van der Waals surface area contributed by atoms with E-state index in [2.05, 4.69) is 9.97 Å². The van der Waals surface area contributed by atoms with Gasteiger partial charge in [0.2, 0.25) is 0 Å². The van der Waals surface area contributed by atoms with E-state index >= 15 is 0 Å². The van der Waals surface area contributed by atoms with Crippen LogP contribution in [0.15, 0.2) is 46.5 Å². The van der Waals surface area contributed by atoms with E-state index in [1.54, 1.807) is 16.8 Å². The van der Waals surface area contributed by atoms with Crippen LogP contribution in [0.1, 0.15) is 12.5 Å². The van der Waals surface area contributed by atoms with E-state index in [9.17, 15) is 9.18 Å². The van der Waals surface area contributed by atoms with Gasteiger partial charge in [-0.3, -0.25) is 9.36 Å². The Labute approximate surface area is 136 Å². The lowest BCUT2D eigenvalue weighted by atomic mass is 10.2. The van der Waals surface area contributed by atoms with Gasteiger partial charge >= 0.3 is 0 Å². The minimum absolute atomic E-state index is 0.228. The second-order valence-corrected chi connectivity index (χ2v) is 5.93. The molecule has 118 valence electrons. The number of anilines is 1. The third kappa shape index (κ3) is 3.19. The highest BCUT2D eigenvalue weighted by Gasteiger charge is 2.11. The van der Waals surface area contributed by atoms with Crippen molar-refractivity contribution < 1.29 is 4.39 Å². The van der Waals surface area contributed by atoms with Crippen LogP contribution in [0.3, 0.4) is 0 Å². The molecule has 2 heterocycles. The molecule has 3 rings (SSSR count). The molecule has 2 aromatic heterocycles. The van der Waals surface area contributed by atoms with E-state index in [0.717, 1.165) is 5.56 Å². The predicted octanol–water partition coefficient (Wildman–Crippen LogP) is 2.83. The summed E-state index contributed by atoms with van der Waals surface area (Å²) in [6.45, 7) is 2.34. The number of rotatable bonds is 4. The molecule has 5 nitrogen and oxygen atoms in total. The van der Waals surface area contributed by atoms with Gasteiger partial charge < -0.3 is 5.73 Å². The molecule has 3 aromatic rings. The molecule has 0 aliphatic rings. The maximum Gasteiger partial charge on any atom is 0.262 e. The summed E-state index contributed by atoms with van der Waals surface area (Å²) in [5.74, 6) is 0.635. The number of hydrogen-bond donors (Lipinski definition) is 1. The van der Waals surface area contributed by atoms with Crippen molar-refractivity contribution in [2.45, 2.75) is 24.4 Å². The second kappa shape index (κ2) is 6.37. The van der Waals surface area contributed by atoms with Crippen molar-refractivity contribution in [2.24, 2.45) is 0 Å². The summed E-state index contributed by atoms with van der Waals surface area (Å²) in [5, 5.41) is 0.899. The Bertz CT molecular complexity index is 926. The zero-order chi connectivity index (χ0) is 16.4. The summed E-state index contributed by atoms with van der Waals surface area (Å²) in [5.41, 5.74) is 6.94. The molecule has 0 radical (unpaired) electrons. The standard InChI is InChI=1S/C16H15FN4OS/c1-2-21-15(22)12-8-11(17)3-4-13(12)20-16(21)23-9-10-5-6-19-14(18)7-10/h3-8H,2,9H2,1H3,(H2,18,19). The van der Waals surface area contributed by atoms with Crippen molar-refractivity contribution in [3.63, 3.8) is 0 Å². The predicted molar refractivity (Wildman–Crippen MR) is 89.8 cm³/mol. The number of nitrogens with two attached hydrogens (primary N) is 1. The molecular formula is C16H15FN4OS. The van der Waals surface area contributed by atoms with Crippen molar-refractivity contribution in [3.05, 3.63) is 58.3 Å². The van der Waals surface area contributed by atoms with Crippen LogP contribution in [0.5, 0.6) is 0 Å². The Morgan fingerprint density at radius 2 is 2.13 bits per heavy atom. The van der Waals surface area contributed by atoms with Gasteiger partial charge in [0, 0.05) is 18.5 Å². The largest absolute Gasteiger partial charge is 0.384 e. The van der Waals surface area contributed by atoms with Gasteiger partial charge in [-0.15, -0.1) is 0 Å². The lowest BCUT2D eigenvalue weighted by Crippen LogP contribution is -2.22. The minimum Gasteiger partial charge on any atom is -0.384 e. The number of benzene rings is 1. The summed E-state index contributed by atoms with van der Waals surface area (Å²) in [6.07, 6.45) is 1.65. The van der Waals surface area contributed by atoms with Crippen LogP contribution in [0.4, 0.5) is 10.2 Å². The molecule has 0 saturated carbocycles. The molecule has 0 aliphatic heterocycles. The van der Waals surface area contributed by atoms with Gasteiger partial charge in [-0.25, -0.2) is 14.4 Å². The normalized spacial score (nSPS) is 11.0. The third-order valence-electron chi connectivity index (χ3n) is 3.41. The first-order chi connectivity index (χ1) is 11.1. The average molecular weight is 330 g/mol. The lowest BCUT2D eigenvalue weighted by Gasteiger charge is -2.11. The van der Waals surface area contributed by atoms with Crippen LogP contribution in [0, 0.1) is 5.82 Å². The van der Waals surface area contributed by atoms with Gasteiger partial charge in [-0.05, 0) is 42.8 Å². The average Bonchev–Trinajstić information content (AvgIpc) is 2.54. The maximum absolute atomic E-state index is 13.4. The van der Waals surface area contributed by atoms with Gasteiger partial charge in [0.25, 0.3) is 5.56 Å². The summed E-state index contributed by atoms with van der Waals surface area (Å²) in [4.78, 5) is 21.0. The molecule has 0 atom stereocenters. The van der Waals surface area contributed by atoms with E-state index in [-0.39, 0.29) is 5.56 Å². The number of hydrogen-bond acceptors (Lipinski definition) is 5. The van der Waals surface area contributed by atoms with E-state index in [1.165, 1.54) is 30.0 Å². The smallest absolute Gasteiger partial charge is 0.262 e. The molecule has 0 spiro atoms. The van der Waals surface area contributed by atoms with Gasteiger partial charge in [-0.2, -0.15) is 0 Å².